The molecule has 1 aromatic carbocycles. The third-order valence-electron chi connectivity index (χ3n) is 3.72. The Morgan fingerprint density at radius 1 is 1.24 bits per heavy atom. The van der Waals surface area contributed by atoms with E-state index in [9.17, 15) is 9.00 Å². The van der Waals surface area contributed by atoms with Crippen molar-refractivity contribution in [3.8, 4) is 0 Å². The molecule has 116 valence electrons. The molecule has 0 bridgehead atoms. The molecule has 6 heteroatoms. The Bertz CT molecular complexity index is 510. The van der Waals surface area contributed by atoms with Crippen molar-refractivity contribution in [2.75, 3.05) is 12.3 Å². The van der Waals surface area contributed by atoms with Gasteiger partial charge < -0.3 is 5.32 Å². The smallest absolute Gasteiger partial charge is 0.223 e. The molecule has 1 amide bonds. The van der Waals surface area contributed by atoms with Crippen molar-refractivity contribution < 1.29 is 9.00 Å². The first-order chi connectivity index (χ1) is 10.1. The lowest BCUT2D eigenvalue weighted by Gasteiger charge is -2.11. The molecular weight excluding hydrogens is 329 g/mol. The van der Waals surface area contributed by atoms with Crippen LogP contribution in [-0.2, 0) is 21.3 Å². The standard InChI is InChI=1S/C15H19Cl2NO2S/c16-13-6-3-7-14(17)12(13)10-21(20)9-8-18-15(19)11-4-1-2-5-11/h3,6-7,11H,1-2,4-5,8-10H2,(H,18,19). The Labute approximate surface area is 137 Å². The molecule has 3 nitrogen and oxygen atoms in total. The minimum atomic E-state index is -1.09. The van der Waals surface area contributed by atoms with E-state index in [4.69, 9.17) is 23.2 Å². The molecule has 0 spiro atoms. The lowest BCUT2D eigenvalue weighted by molar-refractivity contribution is -0.124. The highest BCUT2D eigenvalue weighted by atomic mass is 35.5. The molecule has 0 heterocycles. The average molecular weight is 348 g/mol. The summed E-state index contributed by atoms with van der Waals surface area (Å²) < 4.78 is 12.1. The Morgan fingerprint density at radius 3 is 2.48 bits per heavy atom. The Morgan fingerprint density at radius 2 is 1.86 bits per heavy atom. The van der Waals surface area contributed by atoms with E-state index in [-0.39, 0.29) is 11.8 Å². The summed E-state index contributed by atoms with van der Waals surface area (Å²) in [6.07, 6.45) is 4.22. The molecule has 1 atom stereocenters. The lowest BCUT2D eigenvalue weighted by Crippen LogP contribution is -2.32. The van der Waals surface area contributed by atoms with Crippen molar-refractivity contribution >= 4 is 39.9 Å². The molecule has 1 N–H and O–H groups in total. The molecule has 1 fully saturated rings. The number of hydrogen-bond acceptors (Lipinski definition) is 2. The van der Waals surface area contributed by atoms with Crippen molar-refractivity contribution in [1.29, 1.82) is 0 Å². The van der Waals surface area contributed by atoms with Crippen molar-refractivity contribution in [3.05, 3.63) is 33.8 Å². The highest BCUT2D eigenvalue weighted by molar-refractivity contribution is 7.84. The molecule has 21 heavy (non-hydrogen) atoms. The molecule has 0 aliphatic heterocycles. The quantitative estimate of drug-likeness (QED) is 0.855. The number of benzene rings is 1. The van der Waals surface area contributed by atoms with Gasteiger partial charge in [-0.05, 0) is 25.0 Å². The number of nitrogens with one attached hydrogen (secondary N) is 1. The van der Waals surface area contributed by atoms with E-state index in [2.05, 4.69) is 5.32 Å². The van der Waals surface area contributed by atoms with Crippen LogP contribution >= 0.6 is 23.2 Å². The van der Waals surface area contributed by atoms with Crippen LogP contribution in [0.2, 0.25) is 10.0 Å². The molecule has 1 aromatic rings. The Balaban J connectivity index is 1.76. The van der Waals surface area contributed by atoms with Gasteiger partial charge >= 0.3 is 0 Å². The van der Waals surface area contributed by atoms with Crippen LogP contribution in [-0.4, -0.2) is 22.4 Å². The van der Waals surface area contributed by atoms with Gasteiger partial charge in [-0.2, -0.15) is 0 Å². The second-order valence-electron chi connectivity index (χ2n) is 5.26. The van der Waals surface area contributed by atoms with E-state index in [0.29, 0.717) is 33.7 Å². The predicted molar refractivity (Wildman–Crippen MR) is 88.1 cm³/mol. The number of amides is 1. The summed E-state index contributed by atoms with van der Waals surface area (Å²) in [5.41, 5.74) is 0.710. The maximum Gasteiger partial charge on any atom is 0.223 e. The number of halogens is 2. The SMILES string of the molecule is O=C(NCCS(=O)Cc1c(Cl)cccc1Cl)C1CCCC1. The fourth-order valence-electron chi connectivity index (χ4n) is 2.52. The van der Waals surface area contributed by atoms with Crippen LogP contribution in [0.25, 0.3) is 0 Å². The monoisotopic (exact) mass is 347 g/mol. The van der Waals surface area contributed by atoms with Crippen LogP contribution in [0, 0.1) is 5.92 Å². The first-order valence-electron chi connectivity index (χ1n) is 7.13. The number of carbonyl (C=O) groups excluding carboxylic acids is 1. The van der Waals surface area contributed by atoms with E-state index in [0.717, 1.165) is 25.7 Å². The summed E-state index contributed by atoms with van der Waals surface area (Å²) in [6.45, 7) is 0.435. The zero-order valence-corrected chi connectivity index (χ0v) is 14.1. The van der Waals surface area contributed by atoms with E-state index < -0.39 is 10.8 Å². The zero-order chi connectivity index (χ0) is 15.2. The summed E-state index contributed by atoms with van der Waals surface area (Å²) in [5, 5.41) is 3.94. The van der Waals surface area contributed by atoms with Gasteiger partial charge in [-0.15, -0.1) is 0 Å². The second-order valence-corrected chi connectivity index (χ2v) is 7.65. The van der Waals surface area contributed by atoms with Crippen molar-refractivity contribution in [2.24, 2.45) is 5.92 Å². The topological polar surface area (TPSA) is 46.2 Å². The molecule has 0 radical (unpaired) electrons. The van der Waals surface area contributed by atoms with Crippen LogP contribution in [0.3, 0.4) is 0 Å². The molecule has 0 aromatic heterocycles. The maximum atomic E-state index is 12.1. The van der Waals surface area contributed by atoms with E-state index in [1.807, 2.05) is 0 Å². The minimum Gasteiger partial charge on any atom is -0.355 e. The number of rotatable bonds is 6. The van der Waals surface area contributed by atoms with Gasteiger partial charge in [-0.1, -0.05) is 42.1 Å². The van der Waals surface area contributed by atoms with Crippen LogP contribution in [0.15, 0.2) is 18.2 Å². The molecule has 1 saturated carbocycles. The van der Waals surface area contributed by atoms with Crippen LogP contribution < -0.4 is 5.32 Å². The Hall–Kier alpha value is -0.580. The average Bonchev–Trinajstić information content (AvgIpc) is 2.97. The van der Waals surface area contributed by atoms with Crippen molar-refractivity contribution in [2.45, 2.75) is 31.4 Å². The fraction of sp³-hybridized carbons (Fsp3) is 0.533. The predicted octanol–water partition coefficient (Wildman–Crippen LogP) is 3.55. The number of carbonyl (C=O) groups is 1. The van der Waals surface area contributed by atoms with Crippen LogP contribution in [0.5, 0.6) is 0 Å². The van der Waals surface area contributed by atoms with Crippen LogP contribution in [0.1, 0.15) is 31.2 Å². The van der Waals surface area contributed by atoms with Gasteiger partial charge in [0.25, 0.3) is 0 Å². The van der Waals surface area contributed by atoms with Crippen molar-refractivity contribution in [3.63, 3.8) is 0 Å². The molecule has 1 unspecified atom stereocenters. The normalized spacial score (nSPS) is 16.9. The highest BCUT2D eigenvalue weighted by Gasteiger charge is 2.22. The zero-order valence-electron chi connectivity index (χ0n) is 11.7. The largest absolute Gasteiger partial charge is 0.355 e. The molecule has 2 rings (SSSR count). The fourth-order valence-corrected chi connectivity index (χ4v) is 4.32. The third kappa shape index (κ3) is 4.97. The van der Waals surface area contributed by atoms with E-state index in [1.165, 1.54) is 0 Å². The van der Waals surface area contributed by atoms with Gasteiger partial charge in [-0.3, -0.25) is 9.00 Å². The van der Waals surface area contributed by atoms with Crippen molar-refractivity contribution in [1.82, 2.24) is 5.32 Å². The summed E-state index contributed by atoms with van der Waals surface area (Å²) in [4.78, 5) is 11.8. The summed E-state index contributed by atoms with van der Waals surface area (Å²) in [5.74, 6) is 0.981. The van der Waals surface area contributed by atoms with Gasteiger partial charge in [0.05, 0.1) is 5.75 Å². The second kappa shape index (κ2) is 8.16. The highest BCUT2D eigenvalue weighted by Crippen LogP contribution is 2.26. The third-order valence-corrected chi connectivity index (χ3v) is 5.70. The van der Waals surface area contributed by atoms with Gasteiger partial charge in [-0.25, -0.2) is 0 Å². The lowest BCUT2D eigenvalue weighted by atomic mass is 10.1. The van der Waals surface area contributed by atoms with E-state index in [1.54, 1.807) is 18.2 Å². The summed E-state index contributed by atoms with van der Waals surface area (Å²) in [6, 6.07) is 5.24. The molecule has 1 aliphatic carbocycles. The van der Waals surface area contributed by atoms with Crippen LogP contribution in [0.4, 0.5) is 0 Å². The number of hydrogen-bond donors (Lipinski definition) is 1. The van der Waals surface area contributed by atoms with Gasteiger partial charge in [0.2, 0.25) is 5.91 Å². The van der Waals surface area contributed by atoms with Gasteiger partial charge in [0.1, 0.15) is 0 Å². The minimum absolute atomic E-state index is 0.0975. The van der Waals surface area contributed by atoms with Gasteiger partial charge in [0, 0.05) is 44.6 Å². The molecule has 0 saturated heterocycles. The first kappa shape index (κ1) is 16.8. The maximum absolute atomic E-state index is 12.1. The summed E-state index contributed by atoms with van der Waals surface area (Å²) in [7, 11) is -1.09. The van der Waals surface area contributed by atoms with E-state index >= 15 is 0 Å². The first-order valence-corrected chi connectivity index (χ1v) is 9.38. The summed E-state index contributed by atoms with van der Waals surface area (Å²) >= 11 is 12.1. The Kier molecular flexibility index (Phi) is 6.52. The molecule has 1 aliphatic rings. The molecular formula is C15H19Cl2NO2S. The van der Waals surface area contributed by atoms with Gasteiger partial charge in [0.15, 0.2) is 0 Å².